The maximum absolute atomic E-state index is 13.1. The molecule has 9 heterocycles. The van der Waals surface area contributed by atoms with Crippen LogP contribution in [-0.2, 0) is 85.7 Å². The fourth-order valence-electron chi connectivity index (χ4n) is 18.1. The van der Waals surface area contributed by atoms with E-state index in [-0.39, 0.29) is 17.5 Å². The largest absolute Gasteiger partial charge is 0.500 e. The lowest BCUT2D eigenvalue weighted by molar-refractivity contribution is -0.288. The standard InChI is InChI=1S/C77H92B20N4O22/c1-38(102)110-36-63-70(113-40(3)104)72(115-42(5)106)74(117-44(7)108)76(122-63)120-53-19-11-15-48(31-53)68-59-23-21-55(98-59)66(46-13-9-17-51(29-46)112-35-50-33-88(50)96(92(82)83)94(86)90(78)79)56-22-24-60(99-56)69(49-16-12-20-54(32-49)121-77-75(118-45(8)109)73(116-43(6)107)71(114-41(4)105)64(123-77)37-111-39(2)103)62-28-26-58(101-62)67(57-25-27-61(68)100-57)47-14-10-18-52(30-47)119-65-34-89(65)97(93(84)85)95(87)91(80)81/h9-32,50,63-65,70-77,98,101H,33-37,78-87H2,1-8H3. The molecule has 12 unspecified atom stereocenters. The third-order valence-corrected chi connectivity index (χ3v) is 24.0. The van der Waals surface area contributed by atoms with Gasteiger partial charge >= 0.3 is 47.8 Å². The number of aromatic amines is 2. The first-order chi connectivity index (χ1) is 58.6. The first kappa shape index (κ1) is 90.4. The number of esters is 8. The minimum Gasteiger partial charge on any atom is -0.500 e. The number of benzene rings is 4. The van der Waals surface area contributed by atoms with E-state index in [1.54, 1.807) is 36.4 Å². The first-order valence-corrected chi connectivity index (χ1v) is 42.5. The number of hydrogen-bond donors (Lipinski definition) is 2. The zero-order valence-electron chi connectivity index (χ0n) is 73.0. The van der Waals surface area contributed by atoms with Gasteiger partial charge in [0.05, 0.1) is 119 Å². The van der Waals surface area contributed by atoms with Gasteiger partial charge in [-0.3, -0.25) is 38.4 Å². The SMILES string of the molecule is BB(B)B(B)B(B(B)B)B1CC1COc1cccc(-c2c3nc(c(-c4cccc(OC5OC(COC(C)=O)C(OC(C)=O)C(OC(C)=O)C5OC(C)=O)c4)c4ccc([nH]4)c(-c4cccc(OC5CB5B(B(B)B)B(B)B(B)B)c4)c4nc(c(-c5cccc(OC6OC(COC(C)=O)C(OC(C)=O)C(OC(C)=O)C6OC(C)=O)c5)c5ccc2[nH]5)C=C4)C=C3)c1. The number of aromatic nitrogens is 4. The second-order valence-corrected chi connectivity index (χ2v) is 34.4. The number of nitrogens with one attached hydrogen (secondary N) is 2. The Kier molecular flexibility index (Phi) is 28.8. The Morgan fingerprint density at radius 1 is 0.374 bits per heavy atom. The number of carbonyl (C=O) groups excluding carboxylic acids is 8. The molecule has 46 heteroatoms. The highest BCUT2D eigenvalue weighted by molar-refractivity contribution is 8.02. The highest BCUT2D eigenvalue weighted by atomic mass is 16.7. The average molecular weight is 1640 g/mol. The predicted octanol–water partition coefficient (Wildman–Crippen LogP) is -1.82. The van der Waals surface area contributed by atoms with Crippen molar-refractivity contribution in [2.75, 3.05) is 19.8 Å². The highest BCUT2D eigenvalue weighted by Crippen LogP contribution is 2.45. The van der Waals surface area contributed by atoms with Gasteiger partial charge in [-0.1, -0.05) is 54.9 Å². The van der Waals surface area contributed by atoms with E-state index in [4.69, 9.17) is 76.3 Å². The number of carbonyl (C=O) groups is 8. The van der Waals surface area contributed by atoms with Crippen LogP contribution in [0.1, 0.15) is 78.2 Å². The molecule has 0 radical (unpaired) electrons. The van der Waals surface area contributed by atoms with E-state index < -0.39 is 122 Å². The molecule has 0 aliphatic carbocycles. The molecule has 26 nitrogen and oxygen atoms in total. The van der Waals surface area contributed by atoms with Crippen LogP contribution < -0.4 is 18.9 Å². The summed E-state index contributed by atoms with van der Waals surface area (Å²) in [6.07, 6.45) is -0.905. The molecule has 4 aromatic carbocycles. The van der Waals surface area contributed by atoms with Crippen LogP contribution in [0.4, 0.5) is 0 Å². The van der Waals surface area contributed by atoms with Crippen molar-refractivity contribution in [1.82, 2.24) is 19.9 Å². The summed E-state index contributed by atoms with van der Waals surface area (Å²) in [7, 11) is 23.1. The van der Waals surface area contributed by atoms with Gasteiger partial charge in [0.25, 0.3) is 0 Å². The van der Waals surface area contributed by atoms with Crippen LogP contribution in [0.25, 0.3) is 90.9 Å². The van der Waals surface area contributed by atoms with Crippen molar-refractivity contribution in [1.29, 1.82) is 0 Å². The molecule has 7 aromatic rings. The van der Waals surface area contributed by atoms with Gasteiger partial charge in [-0.15, -0.1) is 0 Å². The Morgan fingerprint density at radius 3 is 1.02 bits per heavy atom. The number of H-pyrrole nitrogens is 2. The molecule has 12 atom stereocenters. The van der Waals surface area contributed by atoms with Gasteiger partial charge in [-0.2, -0.15) is 0 Å². The number of hydrogen-bond acceptors (Lipinski definition) is 24. The topological polar surface area (TPSA) is 323 Å². The van der Waals surface area contributed by atoms with Gasteiger partial charge in [-0.25, -0.2) is 9.97 Å². The van der Waals surface area contributed by atoms with E-state index in [2.05, 4.69) is 87.3 Å². The molecule has 4 fully saturated rings. The molecular formula is C77H92B20N4O22. The number of rotatable bonds is 31. The number of fused-ring (bicyclic) bond motifs is 8. The lowest BCUT2D eigenvalue weighted by Crippen LogP contribution is -2.64. The zero-order valence-corrected chi connectivity index (χ0v) is 73.0. The van der Waals surface area contributed by atoms with Crippen molar-refractivity contribution in [3.8, 4) is 67.5 Å². The van der Waals surface area contributed by atoms with Crippen LogP contribution in [0.3, 0.4) is 0 Å². The summed E-state index contributed by atoms with van der Waals surface area (Å²) in [6.45, 7) is 9.79. The second kappa shape index (κ2) is 39.2. The Labute approximate surface area is 728 Å². The van der Waals surface area contributed by atoms with Crippen LogP contribution in [-0.4, -0.2) is 297 Å². The quantitative estimate of drug-likeness (QED) is 0.0275. The summed E-state index contributed by atoms with van der Waals surface area (Å²) >= 11 is 0. The molecule has 0 amide bonds. The third-order valence-electron chi connectivity index (χ3n) is 24.0. The fraction of sp³-hybridized carbons (Fsp3) is 0.325. The fourth-order valence-corrected chi connectivity index (χ4v) is 18.1. The van der Waals surface area contributed by atoms with Crippen LogP contribution in [0.5, 0.6) is 23.0 Å². The molecule has 8 bridgehead atoms. The normalized spacial score (nSPS) is 20.8. The summed E-state index contributed by atoms with van der Waals surface area (Å²) in [5.74, 6) is -4.04. The molecule has 6 aliphatic rings. The number of nitrogens with zero attached hydrogens (tertiary/aromatic N) is 2. The molecule has 6 aliphatic heterocycles. The number of ether oxygens (including phenoxy) is 14. The van der Waals surface area contributed by atoms with Crippen molar-refractivity contribution in [2.45, 2.75) is 141 Å². The van der Waals surface area contributed by atoms with Gasteiger partial charge in [-0.05, 0) is 131 Å². The van der Waals surface area contributed by atoms with Crippen molar-refractivity contribution >= 4 is 236 Å². The molecule has 0 saturated carbocycles. The van der Waals surface area contributed by atoms with Gasteiger partial charge < -0.3 is 76.3 Å². The van der Waals surface area contributed by atoms with Crippen molar-refractivity contribution in [3.05, 3.63) is 144 Å². The molecule has 2 N–H and O–H groups in total. The van der Waals surface area contributed by atoms with E-state index in [1.807, 2.05) is 109 Å². The Hall–Kier alpha value is -10.3. The monoisotopic (exact) mass is 1640 g/mol. The minimum atomic E-state index is -1.57. The van der Waals surface area contributed by atoms with E-state index >= 15 is 0 Å². The Balaban J connectivity index is 1.02. The van der Waals surface area contributed by atoms with E-state index in [0.717, 1.165) is 65.3 Å². The lowest BCUT2D eigenvalue weighted by Gasteiger charge is -2.43. The van der Waals surface area contributed by atoms with Crippen LogP contribution in [0.2, 0.25) is 18.5 Å². The van der Waals surface area contributed by atoms with Gasteiger partial charge in [0.15, 0.2) is 24.4 Å². The average Bonchev–Trinajstić information content (AvgIpc) is 1.41. The molecular weight excluding hydrogens is 1550 g/mol. The molecule has 0 spiro atoms. The van der Waals surface area contributed by atoms with E-state index in [1.165, 1.54) is 13.8 Å². The van der Waals surface area contributed by atoms with Crippen LogP contribution in [0.15, 0.2) is 121 Å². The van der Waals surface area contributed by atoms with Crippen molar-refractivity contribution in [2.24, 2.45) is 0 Å². The molecule has 3 aromatic heterocycles. The summed E-state index contributed by atoms with van der Waals surface area (Å²) in [5, 5.41) is 0. The molecule has 13 rings (SSSR count). The smallest absolute Gasteiger partial charge is 0.303 e. The first-order valence-electron chi connectivity index (χ1n) is 42.5. The van der Waals surface area contributed by atoms with Gasteiger partial charge in [0.2, 0.25) is 24.8 Å². The van der Waals surface area contributed by atoms with E-state index in [9.17, 15) is 38.4 Å². The highest BCUT2D eigenvalue weighted by Gasteiger charge is 2.57. The Bertz CT molecular complexity index is 5280. The summed E-state index contributed by atoms with van der Waals surface area (Å²) < 4.78 is 85.9. The maximum atomic E-state index is 13.1. The summed E-state index contributed by atoms with van der Waals surface area (Å²) in [5.41, 5.74) is 9.88. The molecule has 612 valence electrons. The van der Waals surface area contributed by atoms with Crippen LogP contribution in [0, 0.1) is 0 Å². The van der Waals surface area contributed by atoms with E-state index in [0.29, 0.717) is 166 Å². The molecule has 123 heavy (non-hydrogen) atoms. The van der Waals surface area contributed by atoms with Crippen molar-refractivity contribution < 1.29 is 105 Å². The Morgan fingerprint density at radius 2 is 0.691 bits per heavy atom. The van der Waals surface area contributed by atoms with Gasteiger partial charge in [0.1, 0.15) is 55.0 Å². The lowest BCUT2D eigenvalue weighted by atomic mass is 8.57. The predicted molar refractivity (Wildman–Crippen MR) is 512 cm³/mol. The zero-order chi connectivity index (χ0) is 88.1. The summed E-state index contributed by atoms with van der Waals surface area (Å²) in [6, 6.07) is 38.2. The maximum Gasteiger partial charge on any atom is 0.303 e. The molecule has 4 saturated heterocycles. The van der Waals surface area contributed by atoms with Crippen molar-refractivity contribution in [3.63, 3.8) is 0 Å². The second-order valence-electron chi connectivity index (χ2n) is 34.4. The third kappa shape index (κ3) is 21.7. The summed E-state index contributed by atoms with van der Waals surface area (Å²) in [4.78, 5) is 122. The van der Waals surface area contributed by atoms with Gasteiger partial charge in [0, 0.05) is 151 Å². The minimum absolute atomic E-state index is 0.00512. The van der Waals surface area contributed by atoms with Crippen LogP contribution >= 0.6 is 0 Å².